The van der Waals surface area contributed by atoms with E-state index >= 15 is 0 Å². The highest BCUT2D eigenvalue weighted by atomic mass is 16.4. The van der Waals surface area contributed by atoms with Crippen LogP contribution in [0.15, 0.2) is 23.3 Å². The van der Waals surface area contributed by atoms with Crippen LogP contribution in [0.25, 0.3) is 0 Å². The lowest BCUT2D eigenvalue weighted by Crippen LogP contribution is -2.32. The van der Waals surface area contributed by atoms with Gasteiger partial charge in [0.2, 0.25) is 0 Å². The first kappa shape index (κ1) is 20.4. The first-order valence-corrected chi connectivity index (χ1v) is 7.56. The number of hydrogen-bond donors (Lipinski definition) is 2. The van der Waals surface area contributed by atoms with Crippen LogP contribution in [0.1, 0.15) is 40.0 Å². The molecule has 0 rings (SSSR count). The highest BCUT2D eigenvalue weighted by Gasteiger charge is 2.33. The molecule has 0 aromatic rings. The number of rotatable bonds is 10. The Balaban J connectivity index is 5.08. The molecule has 2 N–H and O–H groups in total. The Morgan fingerprint density at radius 2 is 1.64 bits per heavy atom. The molecule has 1 unspecified atom stereocenters. The molecular formula is C17H29NO4. The molecule has 0 aromatic heterocycles. The van der Waals surface area contributed by atoms with Crippen molar-refractivity contribution in [3.8, 4) is 0 Å². The molecular weight excluding hydrogens is 282 g/mol. The lowest BCUT2D eigenvalue weighted by atomic mass is 9.87. The largest absolute Gasteiger partial charge is 0.481 e. The molecule has 0 aliphatic carbocycles. The van der Waals surface area contributed by atoms with Crippen molar-refractivity contribution in [2.24, 2.45) is 11.8 Å². The normalized spacial score (nSPS) is 13.3. The van der Waals surface area contributed by atoms with Gasteiger partial charge in [-0.1, -0.05) is 23.3 Å². The van der Waals surface area contributed by atoms with Crippen molar-refractivity contribution in [3.05, 3.63) is 23.3 Å². The molecule has 0 amide bonds. The zero-order valence-electron chi connectivity index (χ0n) is 14.3. The summed E-state index contributed by atoms with van der Waals surface area (Å²) in [6.07, 6.45) is 6.16. The molecule has 22 heavy (non-hydrogen) atoms. The highest BCUT2D eigenvalue weighted by molar-refractivity contribution is 5.93. The lowest BCUT2D eigenvalue weighted by Gasteiger charge is -2.20. The van der Waals surface area contributed by atoms with Crippen molar-refractivity contribution < 1.29 is 19.8 Å². The fourth-order valence-electron chi connectivity index (χ4n) is 2.26. The van der Waals surface area contributed by atoms with Crippen LogP contribution < -0.4 is 0 Å². The van der Waals surface area contributed by atoms with Crippen LogP contribution in [-0.2, 0) is 9.59 Å². The average molecular weight is 311 g/mol. The van der Waals surface area contributed by atoms with Gasteiger partial charge in [0.15, 0.2) is 5.92 Å². The summed E-state index contributed by atoms with van der Waals surface area (Å²) in [5.74, 6) is -4.43. The summed E-state index contributed by atoms with van der Waals surface area (Å²) in [4.78, 5) is 24.5. The summed E-state index contributed by atoms with van der Waals surface area (Å²) in [5.41, 5.74) is 2.28. The molecule has 0 radical (unpaired) electrons. The maximum absolute atomic E-state index is 11.3. The predicted octanol–water partition coefficient (Wildman–Crippen LogP) is 3.03. The van der Waals surface area contributed by atoms with Crippen LogP contribution in [0.3, 0.4) is 0 Å². The number of nitrogens with zero attached hydrogens (tertiary/aromatic N) is 1. The molecule has 0 heterocycles. The highest BCUT2D eigenvalue weighted by Crippen LogP contribution is 2.22. The van der Waals surface area contributed by atoms with Gasteiger partial charge < -0.3 is 15.1 Å². The Kier molecular flexibility index (Phi) is 9.42. The van der Waals surface area contributed by atoms with Crippen molar-refractivity contribution >= 4 is 11.9 Å². The third-order valence-electron chi connectivity index (χ3n) is 3.46. The van der Waals surface area contributed by atoms with E-state index in [2.05, 4.69) is 6.08 Å². The van der Waals surface area contributed by atoms with E-state index in [9.17, 15) is 19.8 Å². The number of carboxylic acids is 2. The molecule has 5 heteroatoms. The summed E-state index contributed by atoms with van der Waals surface area (Å²) >= 11 is 0. The van der Waals surface area contributed by atoms with E-state index in [4.69, 9.17) is 0 Å². The Hall–Kier alpha value is -1.62. The SMILES string of the molecule is CC(C)=CCC/C(C)=C/C(CCN(C)C)C(C(=O)O)C(=O)O. The van der Waals surface area contributed by atoms with Crippen LogP contribution in [0, 0.1) is 11.8 Å². The van der Waals surface area contributed by atoms with Gasteiger partial charge >= 0.3 is 11.9 Å². The lowest BCUT2D eigenvalue weighted by molar-refractivity contribution is -0.156. The van der Waals surface area contributed by atoms with E-state index in [-0.39, 0.29) is 0 Å². The zero-order valence-corrected chi connectivity index (χ0v) is 14.3. The molecule has 126 valence electrons. The molecule has 0 saturated heterocycles. The second-order valence-electron chi connectivity index (χ2n) is 6.24. The second-order valence-corrected chi connectivity index (χ2v) is 6.24. The van der Waals surface area contributed by atoms with E-state index in [1.165, 1.54) is 5.57 Å². The molecule has 0 bridgehead atoms. The molecule has 0 aromatic carbocycles. The molecule has 0 spiro atoms. The van der Waals surface area contributed by atoms with Gasteiger partial charge in [-0.25, -0.2) is 0 Å². The summed E-state index contributed by atoms with van der Waals surface area (Å²) in [7, 11) is 3.78. The smallest absolute Gasteiger partial charge is 0.318 e. The van der Waals surface area contributed by atoms with Crippen LogP contribution in [0.2, 0.25) is 0 Å². The van der Waals surface area contributed by atoms with E-state index in [1.54, 1.807) is 0 Å². The Morgan fingerprint density at radius 1 is 1.09 bits per heavy atom. The maximum Gasteiger partial charge on any atom is 0.318 e. The monoisotopic (exact) mass is 311 g/mol. The standard InChI is InChI=1S/C17H29NO4/c1-12(2)7-6-8-13(3)11-14(9-10-18(4)5)15(16(19)20)17(21)22/h7,11,14-15H,6,8-10H2,1-5H3,(H,19,20)(H,21,22)/b13-11+. The Bertz CT molecular complexity index is 420. The van der Waals surface area contributed by atoms with Crippen LogP contribution in [-0.4, -0.2) is 47.7 Å². The average Bonchev–Trinajstić information content (AvgIpc) is 2.34. The van der Waals surface area contributed by atoms with Crippen LogP contribution >= 0.6 is 0 Å². The van der Waals surface area contributed by atoms with E-state index < -0.39 is 23.8 Å². The van der Waals surface area contributed by atoms with Crippen molar-refractivity contribution in [2.45, 2.75) is 40.0 Å². The number of hydrogen-bond acceptors (Lipinski definition) is 3. The molecule has 0 saturated carbocycles. The van der Waals surface area contributed by atoms with Gasteiger partial charge in [0.1, 0.15) is 0 Å². The zero-order chi connectivity index (χ0) is 17.3. The van der Waals surface area contributed by atoms with Gasteiger partial charge in [-0.2, -0.15) is 0 Å². The maximum atomic E-state index is 11.3. The minimum absolute atomic E-state index is 0.496. The minimum atomic E-state index is -1.39. The summed E-state index contributed by atoms with van der Waals surface area (Å²) in [6.45, 7) is 6.65. The Labute approximate surface area is 133 Å². The van der Waals surface area contributed by atoms with E-state index in [0.29, 0.717) is 13.0 Å². The fourth-order valence-corrected chi connectivity index (χ4v) is 2.26. The van der Waals surface area contributed by atoms with Crippen molar-refractivity contribution in [1.82, 2.24) is 4.90 Å². The van der Waals surface area contributed by atoms with Gasteiger partial charge in [0, 0.05) is 5.92 Å². The molecule has 0 fully saturated rings. The van der Waals surface area contributed by atoms with Gasteiger partial charge in [-0.05, 0) is 60.7 Å². The van der Waals surface area contributed by atoms with Crippen molar-refractivity contribution in [3.63, 3.8) is 0 Å². The van der Waals surface area contributed by atoms with E-state index in [0.717, 1.165) is 18.4 Å². The third-order valence-corrected chi connectivity index (χ3v) is 3.46. The number of allylic oxidation sites excluding steroid dienone is 4. The van der Waals surface area contributed by atoms with Crippen molar-refractivity contribution in [2.75, 3.05) is 20.6 Å². The topological polar surface area (TPSA) is 77.8 Å². The number of carbonyl (C=O) groups is 2. The number of aliphatic carboxylic acids is 2. The van der Waals surface area contributed by atoms with Gasteiger partial charge in [-0.15, -0.1) is 0 Å². The fraction of sp³-hybridized carbons (Fsp3) is 0.647. The number of carboxylic acid groups (broad SMARTS) is 2. The summed E-state index contributed by atoms with van der Waals surface area (Å²) in [5, 5.41) is 18.4. The molecule has 0 aliphatic rings. The van der Waals surface area contributed by atoms with Gasteiger partial charge in [-0.3, -0.25) is 9.59 Å². The minimum Gasteiger partial charge on any atom is -0.481 e. The summed E-state index contributed by atoms with van der Waals surface area (Å²) < 4.78 is 0. The summed E-state index contributed by atoms with van der Waals surface area (Å²) in [6, 6.07) is 0. The quantitative estimate of drug-likeness (QED) is 0.479. The van der Waals surface area contributed by atoms with E-state index in [1.807, 2.05) is 45.8 Å². The van der Waals surface area contributed by atoms with Gasteiger partial charge in [0.05, 0.1) is 0 Å². The Morgan fingerprint density at radius 3 is 2.05 bits per heavy atom. The third kappa shape index (κ3) is 8.62. The van der Waals surface area contributed by atoms with Crippen molar-refractivity contribution in [1.29, 1.82) is 0 Å². The van der Waals surface area contributed by atoms with Crippen LogP contribution in [0.5, 0.6) is 0 Å². The molecule has 5 nitrogen and oxygen atoms in total. The second kappa shape index (κ2) is 10.2. The first-order valence-electron chi connectivity index (χ1n) is 7.56. The molecule has 0 aliphatic heterocycles. The van der Waals surface area contributed by atoms with Gasteiger partial charge in [0.25, 0.3) is 0 Å². The predicted molar refractivity (Wildman–Crippen MR) is 87.8 cm³/mol. The van der Waals surface area contributed by atoms with Crippen LogP contribution in [0.4, 0.5) is 0 Å². The molecule has 1 atom stereocenters. The first-order chi connectivity index (χ1) is 10.1.